The van der Waals surface area contributed by atoms with Crippen molar-refractivity contribution in [3.8, 4) is 5.75 Å². The zero-order valence-electron chi connectivity index (χ0n) is 11.3. The number of rotatable bonds is 4. The number of nitrogens with zero attached hydrogens (tertiary/aromatic N) is 1. The Bertz CT molecular complexity index is 540. The van der Waals surface area contributed by atoms with Gasteiger partial charge in [-0.1, -0.05) is 12.1 Å². The number of aliphatic hydroxyl groups is 1. The summed E-state index contributed by atoms with van der Waals surface area (Å²) in [5, 5.41) is 18.7. The van der Waals surface area contributed by atoms with Gasteiger partial charge in [-0.05, 0) is 12.1 Å². The molecule has 0 spiro atoms. The van der Waals surface area contributed by atoms with E-state index in [1.807, 2.05) is 0 Å². The van der Waals surface area contributed by atoms with Crippen molar-refractivity contribution in [2.75, 3.05) is 19.7 Å². The minimum absolute atomic E-state index is 0.00935. The number of carbonyl (C=O) groups is 2. The molecule has 2 rings (SSSR count). The third kappa shape index (κ3) is 3.49. The van der Waals surface area contributed by atoms with Crippen LogP contribution >= 0.6 is 0 Å². The van der Waals surface area contributed by atoms with Crippen LogP contribution in [0, 0.1) is 5.82 Å². The lowest BCUT2D eigenvalue weighted by molar-refractivity contribution is -0.165. The average Bonchev–Trinajstić information content (AvgIpc) is 2.46. The normalized spacial score (nSPS) is 17.3. The van der Waals surface area contributed by atoms with Crippen LogP contribution in [0.5, 0.6) is 5.75 Å². The number of carboxylic acids is 1. The average molecular weight is 297 g/mol. The fourth-order valence-electron chi connectivity index (χ4n) is 2.13. The minimum Gasteiger partial charge on any atom is -0.481 e. The number of hydrogen-bond donors (Lipinski definition) is 2. The van der Waals surface area contributed by atoms with Gasteiger partial charge < -0.3 is 19.8 Å². The fraction of sp³-hybridized carbons (Fsp3) is 0.429. The summed E-state index contributed by atoms with van der Waals surface area (Å²) >= 11 is 0. The summed E-state index contributed by atoms with van der Waals surface area (Å²) in [5.74, 6) is -2.21. The molecule has 1 aliphatic rings. The molecule has 1 aromatic rings. The summed E-state index contributed by atoms with van der Waals surface area (Å²) in [6.45, 7) is -0.0725. The Labute approximate surface area is 120 Å². The Hall–Kier alpha value is -2.15. The molecule has 1 saturated heterocycles. The molecule has 0 radical (unpaired) electrons. The van der Waals surface area contributed by atoms with Crippen molar-refractivity contribution in [2.45, 2.75) is 18.4 Å². The van der Waals surface area contributed by atoms with Gasteiger partial charge in [0.2, 0.25) is 0 Å². The van der Waals surface area contributed by atoms with Gasteiger partial charge in [-0.3, -0.25) is 4.79 Å². The maximum Gasteiger partial charge on any atom is 0.335 e. The van der Waals surface area contributed by atoms with E-state index >= 15 is 0 Å². The van der Waals surface area contributed by atoms with Crippen LogP contribution in [0.4, 0.5) is 4.39 Å². The molecule has 1 amide bonds. The first-order valence-electron chi connectivity index (χ1n) is 6.53. The highest BCUT2D eigenvalue weighted by Crippen LogP contribution is 2.22. The molecule has 0 atom stereocenters. The molecule has 0 bridgehead atoms. The molecule has 1 heterocycles. The molecule has 6 nitrogen and oxygen atoms in total. The lowest BCUT2D eigenvalue weighted by atomic mass is 9.92. The molecule has 21 heavy (non-hydrogen) atoms. The molecular weight excluding hydrogens is 281 g/mol. The van der Waals surface area contributed by atoms with E-state index in [2.05, 4.69) is 0 Å². The van der Waals surface area contributed by atoms with Crippen LogP contribution in [0.1, 0.15) is 12.8 Å². The third-order valence-electron chi connectivity index (χ3n) is 3.53. The van der Waals surface area contributed by atoms with Gasteiger partial charge in [-0.2, -0.15) is 0 Å². The number of hydrogen-bond acceptors (Lipinski definition) is 4. The van der Waals surface area contributed by atoms with Gasteiger partial charge in [-0.25, -0.2) is 9.18 Å². The van der Waals surface area contributed by atoms with Crippen molar-refractivity contribution in [1.29, 1.82) is 0 Å². The van der Waals surface area contributed by atoms with E-state index in [1.165, 1.54) is 23.1 Å². The maximum atomic E-state index is 13.3. The van der Waals surface area contributed by atoms with Crippen LogP contribution in [0.3, 0.4) is 0 Å². The molecule has 0 aromatic heterocycles. The molecule has 0 aliphatic carbocycles. The predicted octanol–water partition coefficient (Wildman–Crippen LogP) is 0.643. The Morgan fingerprint density at radius 2 is 1.90 bits per heavy atom. The zero-order chi connectivity index (χ0) is 15.5. The van der Waals surface area contributed by atoms with E-state index in [-0.39, 0.29) is 44.2 Å². The van der Waals surface area contributed by atoms with Crippen molar-refractivity contribution in [3.63, 3.8) is 0 Å². The van der Waals surface area contributed by atoms with Crippen molar-refractivity contribution in [1.82, 2.24) is 4.90 Å². The van der Waals surface area contributed by atoms with E-state index < -0.39 is 17.4 Å². The molecule has 114 valence electrons. The van der Waals surface area contributed by atoms with Crippen LogP contribution in [-0.2, 0) is 9.59 Å². The SMILES string of the molecule is O=C(COc1ccccc1F)N1CCC(O)(C(=O)O)CC1. The van der Waals surface area contributed by atoms with Gasteiger partial charge in [0.05, 0.1) is 0 Å². The van der Waals surface area contributed by atoms with Crippen molar-refractivity contribution in [3.05, 3.63) is 30.1 Å². The van der Waals surface area contributed by atoms with E-state index in [0.717, 1.165) is 0 Å². The van der Waals surface area contributed by atoms with Crippen LogP contribution in [0.2, 0.25) is 0 Å². The number of halogens is 1. The van der Waals surface area contributed by atoms with Crippen LogP contribution in [0.25, 0.3) is 0 Å². The second-order valence-corrected chi connectivity index (χ2v) is 4.94. The summed E-state index contributed by atoms with van der Waals surface area (Å²) in [6, 6.07) is 5.76. The second-order valence-electron chi connectivity index (χ2n) is 4.94. The zero-order valence-corrected chi connectivity index (χ0v) is 11.3. The van der Waals surface area contributed by atoms with Gasteiger partial charge >= 0.3 is 5.97 Å². The summed E-state index contributed by atoms with van der Waals surface area (Å²) in [5.41, 5.74) is -1.77. The minimum atomic E-state index is -1.77. The van der Waals surface area contributed by atoms with Crippen molar-refractivity contribution < 1.29 is 28.9 Å². The highest BCUT2D eigenvalue weighted by molar-refractivity contribution is 5.80. The van der Waals surface area contributed by atoms with Gasteiger partial charge in [-0.15, -0.1) is 0 Å². The number of amides is 1. The van der Waals surface area contributed by atoms with Crippen LogP contribution in [0.15, 0.2) is 24.3 Å². The molecule has 1 aromatic carbocycles. The first kappa shape index (κ1) is 15.2. The first-order valence-corrected chi connectivity index (χ1v) is 6.53. The molecule has 1 fully saturated rings. The number of piperidine rings is 1. The summed E-state index contributed by atoms with van der Waals surface area (Å²) < 4.78 is 18.4. The number of benzene rings is 1. The summed E-state index contributed by atoms with van der Waals surface area (Å²) in [6.07, 6.45) is -0.0679. The van der Waals surface area contributed by atoms with Crippen LogP contribution in [-0.4, -0.2) is 52.3 Å². The Balaban J connectivity index is 1.86. The molecule has 1 aliphatic heterocycles. The largest absolute Gasteiger partial charge is 0.481 e. The highest BCUT2D eigenvalue weighted by atomic mass is 19.1. The smallest absolute Gasteiger partial charge is 0.335 e. The monoisotopic (exact) mass is 297 g/mol. The number of para-hydroxylation sites is 1. The number of likely N-dealkylation sites (tertiary alicyclic amines) is 1. The van der Waals surface area contributed by atoms with Gasteiger partial charge in [0, 0.05) is 25.9 Å². The third-order valence-corrected chi connectivity index (χ3v) is 3.53. The lowest BCUT2D eigenvalue weighted by Crippen LogP contribution is -2.51. The van der Waals surface area contributed by atoms with E-state index in [0.29, 0.717) is 0 Å². The second kappa shape index (κ2) is 6.09. The fourth-order valence-corrected chi connectivity index (χ4v) is 2.13. The van der Waals surface area contributed by atoms with E-state index in [9.17, 15) is 19.1 Å². The van der Waals surface area contributed by atoms with Crippen molar-refractivity contribution >= 4 is 11.9 Å². The molecule has 0 unspecified atom stereocenters. The molecular formula is C14H16FNO5. The Morgan fingerprint density at radius 1 is 1.29 bits per heavy atom. The highest BCUT2D eigenvalue weighted by Gasteiger charge is 2.40. The number of carboxylic acid groups (broad SMARTS) is 1. The Morgan fingerprint density at radius 3 is 2.48 bits per heavy atom. The standard InChI is InChI=1S/C14H16FNO5/c15-10-3-1-2-4-11(10)21-9-12(17)16-7-5-14(20,6-8-16)13(18)19/h1-4,20H,5-9H2,(H,18,19). The predicted molar refractivity (Wildman–Crippen MR) is 70.3 cm³/mol. The number of aliphatic carboxylic acids is 1. The quantitative estimate of drug-likeness (QED) is 0.851. The number of ether oxygens (including phenoxy) is 1. The first-order chi connectivity index (χ1) is 9.92. The van der Waals surface area contributed by atoms with Gasteiger partial charge in [0.1, 0.15) is 0 Å². The summed E-state index contributed by atoms with van der Waals surface area (Å²) in [4.78, 5) is 24.2. The van der Waals surface area contributed by atoms with E-state index in [4.69, 9.17) is 9.84 Å². The Kier molecular flexibility index (Phi) is 4.42. The van der Waals surface area contributed by atoms with Gasteiger partial charge in [0.25, 0.3) is 5.91 Å². The van der Waals surface area contributed by atoms with Gasteiger partial charge in [0.15, 0.2) is 23.8 Å². The lowest BCUT2D eigenvalue weighted by Gasteiger charge is -2.35. The van der Waals surface area contributed by atoms with Crippen LogP contribution < -0.4 is 4.74 Å². The topological polar surface area (TPSA) is 87.1 Å². The van der Waals surface area contributed by atoms with Crippen molar-refractivity contribution in [2.24, 2.45) is 0 Å². The summed E-state index contributed by atoms with van der Waals surface area (Å²) in [7, 11) is 0. The van der Waals surface area contributed by atoms with E-state index in [1.54, 1.807) is 6.07 Å². The molecule has 0 saturated carbocycles. The number of carbonyl (C=O) groups excluding carboxylic acids is 1. The maximum absolute atomic E-state index is 13.3. The molecule has 2 N–H and O–H groups in total. The molecule has 7 heteroatoms.